The molecule has 2 unspecified atom stereocenters. The fraction of sp³-hybridized carbons (Fsp3) is 0.533. The zero-order chi connectivity index (χ0) is 14.7. The summed E-state index contributed by atoms with van der Waals surface area (Å²) in [5.74, 6) is -0.0138. The average molecular weight is 275 g/mol. The molecule has 2 heterocycles. The highest BCUT2D eigenvalue weighted by molar-refractivity contribution is 5.90. The highest BCUT2D eigenvalue weighted by atomic mass is 16.2. The van der Waals surface area contributed by atoms with Crippen molar-refractivity contribution in [2.24, 2.45) is 5.92 Å². The maximum atomic E-state index is 12.6. The first-order chi connectivity index (χ1) is 9.49. The lowest BCUT2D eigenvalue weighted by atomic mass is 10.0. The molecular formula is C15H21N3O2. The smallest absolute Gasteiger partial charge is 0.246 e. The summed E-state index contributed by atoms with van der Waals surface area (Å²) in [6, 6.07) is 5.08. The van der Waals surface area contributed by atoms with E-state index in [0.717, 1.165) is 5.69 Å². The third-order valence-corrected chi connectivity index (χ3v) is 3.60. The first kappa shape index (κ1) is 14.5. The number of rotatable bonds is 3. The van der Waals surface area contributed by atoms with E-state index in [1.54, 1.807) is 11.1 Å². The summed E-state index contributed by atoms with van der Waals surface area (Å²) < 4.78 is 0. The molecule has 0 radical (unpaired) electrons. The fourth-order valence-corrected chi connectivity index (χ4v) is 2.42. The van der Waals surface area contributed by atoms with Crippen molar-refractivity contribution >= 4 is 11.8 Å². The van der Waals surface area contributed by atoms with Crippen LogP contribution in [0.4, 0.5) is 0 Å². The number of carbonyl (C=O) groups excluding carboxylic acids is 2. The Kier molecular flexibility index (Phi) is 4.37. The van der Waals surface area contributed by atoms with Crippen molar-refractivity contribution in [2.75, 3.05) is 0 Å². The van der Waals surface area contributed by atoms with Gasteiger partial charge in [0.25, 0.3) is 0 Å². The number of nitrogens with zero attached hydrogens (tertiary/aromatic N) is 2. The number of nitrogens with one attached hydrogen (secondary N) is 1. The monoisotopic (exact) mass is 275 g/mol. The van der Waals surface area contributed by atoms with Crippen LogP contribution in [0.3, 0.4) is 0 Å². The van der Waals surface area contributed by atoms with Gasteiger partial charge < -0.3 is 10.2 Å². The maximum Gasteiger partial charge on any atom is 0.246 e. The third-order valence-electron chi connectivity index (χ3n) is 3.60. The van der Waals surface area contributed by atoms with Crippen molar-refractivity contribution in [3.05, 3.63) is 30.1 Å². The van der Waals surface area contributed by atoms with E-state index in [1.807, 2.05) is 39.0 Å². The Morgan fingerprint density at radius 2 is 2.15 bits per heavy atom. The van der Waals surface area contributed by atoms with E-state index in [0.29, 0.717) is 13.0 Å². The van der Waals surface area contributed by atoms with Crippen LogP contribution in [0.15, 0.2) is 24.4 Å². The minimum atomic E-state index is -0.448. The Hall–Kier alpha value is -1.91. The first-order valence-corrected chi connectivity index (χ1v) is 6.98. The second kappa shape index (κ2) is 6.03. The molecule has 0 spiro atoms. The molecule has 1 N–H and O–H groups in total. The molecule has 2 atom stereocenters. The second-order valence-electron chi connectivity index (χ2n) is 5.63. The highest BCUT2D eigenvalue weighted by Crippen LogP contribution is 2.18. The zero-order valence-electron chi connectivity index (χ0n) is 12.2. The lowest BCUT2D eigenvalue weighted by Crippen LogP contribution is -2.48. The Morgan fingerprint density at radius 1 is 1.40 bits per heavy atom. The van der Waals surface area contributed by atoms with E-state index >= 15 is 0 Å². The van der Waals surface area contributed by atoms with Gasteiger partial charge in [-0.05, 0) is 25.0 Å². The number of hydrogen-bond donors (Lipinski definition) is 1. The summed E-state index contributed by atoms with van der Waals surface area (Å²) in [5, 5.41) is 2.82. The van der Waals surface area contributed by atoms with Crippen molar-refractivity contribution in [1.82, 2.24) is 15.2 Å². The quantitative estimate of drug-likeness (QED) is 0.905. The van der Waals surface area contributed by atoms with Gasteiger partial charge >= 0.3 is 0 Å². The van der Waals surface area contributed by atoms with Gasteiger partial charge in [-0.1, -0.05) is 19.9 Å². The van der Waals surface area contributed by atoms with Crippen LogP contribution in [0, 0.1) is 5.92 Å². The van der Waals surface area contributed by atoms with Crippen LogP contribution in [0.5, 0.6) is 0 Å². The molecule has 1 fully saturated rings. The first-order valence-electron chi connectivity index (χ1n) is 6.98. The molecule has 1 aromatic rings. The molecular weight excluding hydrogens is 254 g/mol. The Balaban J connectivity index is 2.23. The van der Waals surface area contributed by atoms with Crippen LogP contribution in [0.1, 0.15) is 32.9 Å². The molecule has 1 aromatic heterocycles. The van der Waals surface area contributed by atoms with Gasteiger partial charge in [0.15, 0.2) is 0 Å². The third kappa shape index (κ3) is 3.15. The van der Waals surface area contributed by atoms with Crippen LogP contribution in [0.25, 0.3) is 0 Å². The molecule has 5 heteroatoms. The van der Waals surface area contributed by atoms with Gasteiger partial charge in [-0.3, -0.25) is 14.6 Å². The van der Waals surface area contributed by atoms with Gasteiger partial charge in [0.05, 0.1) is 12.2 Å². The van der Waals surface area contributed by atoms with E-state index in [2.05, 4.69) is 10.3 Å². The number of amides is 2. The summed E-state index contributed by atoms with van der Waals surface area (Å²) in [5.41, 5.74) is 0.838. The normalized spacial score (nSPS) is 23.7. The minimum absolute atomic E-state index is 0.0241. The largest absolute Gasteiger partial charge is 0.344 e. The molecule has 1 saturated heterocycles. The van der Waals surface area contributed by atoms with Crippen LogP contribution in [0.2, 0.25) is 0 Å². The molecule has 0 saturated carbocycles. The van der Waals surface area contributed by atoms with Crippen molar-refractivity contribution in [2.45, 2.75) is 45.8 Å². The Morgan fingerprint density at radius 3 is 2.75 bits per heavy atom. The van der Waals surface area contributed by atoms with Gasteiger partial charge in [0.1, 0.15) is 6.04 Å². The van der Waals surface area contributed by atoms with Gasteiger partial charge in [0, 0.05) is 18.7 Å². The zero-order valence-corrected chi connectivity index (χ0v) is 12.2. The Bertz CT molecular complexity index is 487. The summed E-state index contributed by atoms with van der Waals surface area (Å²) in [4.78, 5) is 30.5. The minimum Gasteiger partial charge on any atom is -0.344 e. The van der Waals surface area contributed by atoms with Crippen LogP contribution < -0.4 is 5.32 Å². The Labute approximate surface area is 119 Å². The number of carbonyl (C=O) groups is 2. The second-order valence-corrected chi connectivity index (χ2v) is 5.63. The predicted octanol–water partition coefficient (Wildman–Crippen LogP) is 1.34. The molecule has 0 bridgehead atoms. The van der Waals surface area contributed by atoms with E-state index in [1.165, 1.54) is 0 Å². The number of hydrogen-bond acceptors (Lipinski definition) is 3. The molecule has 20 heavy (non-hydrogen) atoms. The number of aromatic nitrogens is 1. The molecule has 2 amide bonds. The summed E-state index contributed by atoms with van der Waals surface area (Å²) in [6.07, 6.45) is 2.05. The molecule has 108 valence electrons. The molecule has 0 aromatic carbocycles. The highest BCUT2D eigenvalue weighted by Gasteiger charge is 2.35. The van der Waals surface area contributed by atoms with Crippen molar-refractivity contribution in [1.29, 1.82) is 0 Å². The molecule has 5 nitrogen and oxygen atoms in total. The summed E-state index contributed by atoms with van der Waals surface area (Å²) >= 11 is 0. The van der Waals surface area contributed by atoms with E-state index in [9.17, 15) is 9.59 Å². The molecule has 1 aliphatic rings. The molecule has 2 rings (SSSR count). The van der Waals surface area contributed by atoms with Gasteiger partial charge in [-0.15, -0.1) is 0 Å². The van der Waals surface area contributed by atoms with Gasteiger partial charge in [0.2, 0.25) is 11.8 Å². The standard InChI is InChI=1S/C15H21N3O2/c1-10(2)14-15(20)18(11(3)8-13(19)17-14)9-12-6-4-5-7-16-12/h4-7,10-11,14H,8-9H2,1-3H3,(H,17,19). The van der Waals surface area contributed by atoms with Gasteiger partial charge in [-0.25, -0.2) is 0 Å². The predicted molar refractivity (Wildman–Crippen MR) is 75.6 cm³/mol. The van der Waals surface area contributed by atoms with Crippen molar-refractivity contribution < 1.29 is 9.59 Å². The lowest BCUT2D eigenvalue weighted by Gasteiger charge is -2.29. The number of pyridine rings is 1. The summed E-state index contributed by atoms with van der Waals surface area (Å²) in [7, 11) is 0. The molecule has 0 aliphatic carbocycles. The van der Waals surface area contributed by atoms with Crippen LogP contribution >= 0.6 is 0 Å². The molecule has 1 aliphatic heterocycles. The van der Waals surface area contributed by atoms with Crippen LogP contribution in [-0.2, 0) is 16.1 Å². The van der Waals surface area contributed by atoms with Gasteiger partial charge in [-0.2, -0.15) is 0 Å². The SMILES string of the molecule is CC(C)C1NC(=O)CC(C)N(Cc2ccccn2)C1=O. The van der Waals surface area contributed by atoms with E-state index in [4.69, 9.17) is 0 Å². The van der Waals surface area contributed by atoms with Crippen molar-refractivity contribution in [3.8, 4) is 0 Å². The fourth-order valence-electron chi connectivity index (χ4n) is 2.42. The van der Waals surface area contributed by atoms with Crippen molar-refractivity contribution in [3.63, 3.8) is 0 Å². The average Bonchev–Trinajstić information content (AvgIpc) is 2.51. The van der Waals surface area contributed by atoms with E-state index < -0.39 is 6.04 Å². The lowest BCUT2D eigenvalue weighted by molar-refractivity contribution is -0.136. The maximum absolute atomic E-state index is 12.6. The topological polar surface area (TPSA) is 62.3 Å². The summed E-state index contributed by atoms with van der Waals surface area (Å²) in [6.45, 7) is 6.23. The van der Waals surface area contributed by atoms with Crippen LogP contribution in [-0.4, -0.2) is 33.8 Å². The van der Waals surface area contributed by atoms with E-state index in [-0.39, 0.29) is 23.8 Å².